The predicted molar refractivity (Wildman–Crippen MR) is 85.2 cm³/mol. The average molecular weight is 343 g/mol. The van der Waals surface area contributed by atoms with Gasteiger partial charge >= 0.3 is 0 Å². The Bertz CT molecular complexity index is 670. The van der Waals surface area contributed by atoms with Gasteiger partial charge in [-0.05, 0) is 31.9 Å². The van der Waals surface area contributed by atoms with Crippen molar-refractivity contribution >= 4 is 15.8 Å². The van der Waals surface area contributed by atoms with Crippen molar-refractivity contribution < 1.29 is 17.5 Å². The molecule has 2 atom stereocenters. The summed E-state index contributed by atoms with van der Waals surface area (Å²) in [5.41, 5.74) is -0.469. The van der Waals surface area contributed by atoms with E-state index in [0.717, 1.165) is 12.8 Å². The molecule has 3 heterocycles. The highest BCUT2D eigenvalue weighted by Gasteiger charge is 2.45. The number of anilines is 1. The van der Waals surface area contributed by atoms with Gasteiger partial charge in [0, 0.05) is 25.7 Å². The summed E-state index contributed by atoms with van der Waals surface area (Å²) in [6.45, 7) is 3.01. The standard InChI is InChI=1S/C15H22FN3O3S/c1-2-23(20,21)19-8-4-6-15(11-19)9-12(10-22-15)18-14-13(16)5-3-7-17-14/h3,5,7,12H,2,4,6,8-11H2,1H3,(H,17,18)/t12-,15-/m1/s1. The summed E-state index contributed by atoms with van der Waals surface area (Å²) in [5.74, 6) is -0.0801. The van der Waals surface area contributed by atoms with Crippen LogP contribution in [0.25, 0.3) is 0 Å². The maximum Gasteiger partial charge on any atom is 0.213 e. The van der Waals surface area contributed by atoms with Crippen molar-refractivity contribution in [3.05, 3.63) is 24.1 Å². The molecule has 0 aromatic carbocycles. The van der Waals surface area contributed by atoms with Crippen LogP contribution in [0.3, 0.4) is 0 Å². The first-order valence-corrected chi connectivity index (χ1v) is 9.54. The third-order valence-corrected chi connectivity index (χ3v) is 6.40. The highest BCUT2D eigenvalue weighted by atomic mass is 32.2. The molecule has 2 fully saturated rings. The molecule has 8 heteroatoms. The molecule has 0 aliphatic carbocycles. The van der Waals surface area contributed by atoms with Crippen molar-refractivity contribution in [3.8, 4) is 0 Å². The minimum absolute atomic E-state index is 0.0660. The van der Waals surface area contributed by atoms with Crippen LogP contribution in [0.2, 0.25) is 0 Å². The molecular weight excluding hydrogens is 321 g/mol. The molecule has 1 N–H and O–H groups in total. The molecule has 3 rings (SSSR count). The van der Waals surface area contributed by atoms with E-state index in [-0.39, 0.29) is 17.6 Å². The van der Waals surface area contributed by atoms with Crippen molar-refractivity contribution in [1.82, 2.24) is 9.29 Å². The first kappa shape index (κ1) is 16.6. The monoisotopic (exact) mass is 343 g/mol. The van der Waals surface area contributed by atoms with E-state index in [1.807, 2.05) is 0 Å². The zero-order valence-electron chi connectivity index (χ0n) is 13.2. The summed E-state index contributed by atoms with van der Waals surface area (Å²) in [6.07, 6.45) is 3.79. The van der Waals surface area contributed by atoms with Gasteiger partial charge < -0.3 is 10.1 Å². The van der Waals surface area contributed by atoms with Crippen molar-refractivity contribution in [1.29, 1.82) is 0 Å². The lowest BCUT2D eigenvalue weighted by Crippen LogP contribution is -2.50. The first-order valence-electron chi connectivity index (χ1n) is 7.93. The topological polar surface area (TPSA) is 71.5 Å². The largest absolute Gasteiger partial charge is 0.371 e. The van der Waals surface area contributed by atoms with Crippen LogP contribution in [0.5, 0.6) is 0 Å². The number of rotatable bonds is 4. The molecule has 0 unspecified atom stereocenters. The highest BCUT2D eigenvalue weighted by Crippen LogP contribution is 2.36. The second-order valence-electron chi connectivity index (χ2n) is 6.21. The van der Waals surface area contributed by atoms with Gasteiger partial charge in [-0.25, -0.2) is 17.8 Å². The zero-order valence-corrected chi connectivity index (χ0v) is 14.0. The SMILES string of the molecule is CCS(=O)(=O)N1CCC[C@@]2(C[C@@H](Nc3ncccc3F)CO2)C1. The van der Waals surface area contributed by atoms with Gasteiger partial charge in [-0.3, -0.25) is 0 Å². The van der Waals surface area contributed by atoms with Crippen molar-refractivity contribution in [2.24, 2.45) is 0 Å². The fraction of sp³-hybridized carbons (Fsp3) is 0.667. The summed E-state index contributed by atoms with van der Waals surface area (Å²) in [6, 6.07) is 2.84. The molecule has 6 nitrogen and oxygen atoms in total. The summed E-state index contributed by atoms with van der Waals surface area (Å²) in [7, 11) is -3.21. The molecule has 2 saturated heterocycles. The Hall–Kier alpha value is -1.25. The van der Waals surface area contributed by atoms with Crippen molar-refractivity contribution in [3.63, 3.8) is 0 Å². The summed E-state index contributed by atoms with van der Waals surface area (Å²) in [4.78, 5) is 3.99. The van der Waals surface area contributed by atoms with Crippen LogP contribution in [0.15, 0.2) is 18.3 Å². The molecule has 128 valence electrons. The number of aromatic nitrogens is 1. The molecule has 1 aromatic heterocycles. The third-order valence-electron chi connectivity index (χ3n) is 4.57. The maximum absolute atomic E-state index is 13.7. The van der Waals surface area contributed by atoms with Gasteiger partial charge in [0.2, 0.25) is 10.0 Å². The van der Waals surface area contributed by atoms with E-state index in [9.17, 15) is 12.8 Å². The van der Waals surface area contributed by atoms with E-state index in [1.54, 1.807) is 13.0 Å². The van der Waals surface area contributed by atoms with Crippen LogP contribution in [0, 0.1) is 5.82 Å². The number of hydrogen-bond acceptors (Lipinski definition) is 5. The second kappa shape index (κ2) is 6.33. The number of nitrogens with zero attached hydrogens (tertiary/aromatic N) is 2. The predicted octanol–water partition coefficient (Wildman–Crippen LogP) is 1.61. The van der Waals surface area contributed by atoms with Gasteiger partial charge in [-0.1, -0.05) is 0 Å². The van der Waals surface area contributed by atoms with E-state index < -0.39 is 21.4 Å². The third kappa shape index (κ3) is 3.49. The molecule has 0 amide bonds. The van der Waals surface area contributed by atoms with Gasteiger partial charge in [0.25, 0.3) is 0 Å². The summed E-state index contributed by atoms with van der Waals surface area (Å²) >= 11 is 0. The first-order chi connectivity index (χ1) is 10.9. The lowest BCUT2D eigenvalue weighted by molar-refractivity contribution is -0.0329. The van der Waals surface area contributed by atoms with Crippen LogP contribution >= 0.6 is 0 Å². The maximum atomic E-state index is 13.7. The van der Waals surface area contributed by atoms with Crippen molar-refractivity contribution in [2.75, 3.05) is 30.8 Å². The lowest BCUT2D eigenvalue weighted by atomic mass is 9.90. The Morgan fingerprint density at radius 3 is 3.13 bits per heavy atom. The normalized spacial score (nSPS) is 29.0. The fourth-order valence-corrected chi connectivity index (χ4v) is 4.59. The van der Waals surface area contributed by atoms with E-state index in [2.05, 4.69) is 10.3 Å². The Balaban J connectivity index is 1.67. The van der Waals surface area contributed by atoms with E-state index in [1.165, 1.54) is 16.6 Å². The van der Waals surface area contributed by atoms with Crippen LogP contribution in [-0.2, 0) is 14.8 Å². The second-order valence-corrected chi connectivity index (χ2v) is 8.47. The molecule has 0 bridgehead atoms. The highest BCUT2D eigenvalue weighted by molar-refractivity contribution is 7.89. The van der Waals surface area contributed by atoms with E-state index >= 15 is 0 Å². The smallest absolute Gasteiger partial charge is 0.213 e. The van der Waals surface area contributed by atoms with Gasteiger partial charge in [0.15, 0.2) is 11.6 Å². The van der Waals surface area contributed by atoms with Gasteiger partial charge in [0.1, 0.15) is 0 Å². The van der Waals surface area contributed by atoms with Gasteiger partial charge in [0.05, 0.1) is 24.0 Å². The van der Waals surface area contributed by atoms with E-state index in [4.69, 9.17) is 4.74 Å². The number of halogens is 1. The number of hydrogen-bond donors (Lipinski definition) is 1. The molecule has 23 heavy (non-hydrogen) atoms. The van der Waals surface area contributed by atoms with Crippen LogP contribution in [-0.4, -0.2) is 54.8 Å². The number of sulfonamides is 1. The number of piperidine rings is 1. The minimum Gasteiger partial charge on any atom is -0.371 e. The number of nitrogens with one attached hydrogen (secondary N) is 1. The lowest BCUT2D eigenvalue weighted by Gasteiger charge is -2.38. The number of ether oxygens (including phenoxy) is 1. The van der Waals surface area contributed by atoms with Crippen molar-refractivity contribution in [2.45, 2.75) is 37.8 Å². The minimum atomic E-state index is -3.21. The summed E-state index contributed by atoms with van der Waals surface area (Å²) in [5, 5.41) is 3.07. The fourth-order valence-electron chi connectivity index (χ4n) is 3.38. The van der Waals surface area contributed by atoms with Gasteiger partial charge in [-0.15, -0.1) is 0 Å². The van der Waals surface area contributed by atoms with Gasteiger partial charge in [-0.2, -0.15) is 4.31 Å². The Morgan fingerprint density at radius 2 is 2.39 bits per heavy atom. The zero-order chi connectivity index (χ0) is 16.5. The Labute approximate surface area is 136 Å². The molecule has 2 aliphatic rings. The van der Waals surface area contributed by atoms with Crippen LogP contribution in [0.1, 0.15) is 26.2 Å². The Kier molecular flexibility index (Phi) is 4.57. The van der Waals surface area contributed by atoms with Crippen LogP contribution in [0.4, 0.5) is 10.2 Å². The molecular formula is C15H22FN3O3S. The summed E-state index contributed by atoms with van der Waals surface area (Å²) < 4.78 is 45.4. The van der Waals surface area contributed by atoms with E-state index in [0.29, 0.717) is 26.1 Å². The molecule has 0 saturated carbocycles. The Morgan fingerprint density at radius 1 is 1.57 bits per heavy atom. The molecule has 1 aromatic rings. The molecule has 0 radical (unpaired) electrons. The molecule has 2 aliphatic heterocycles. The molecule has 1 spiro atoms. The number of pyridine rings is 1. The quantitative estimate of drug-likeness (QED) is 0.899. The average Bonchev–Trinajstić information content (AvgIpc) is 2.92. The van der Waals surface area contributed by atoms with Crippen LogP contribution < -0.4 is 5.32 Å².